The molecule has 7 heteroatoms. The Balaban J connectivity index is 1.66. The van der Waals surface area contributed by atoms with Crippen molar-refractivity contribution in [3.8, 4) is 11.4 Å². The van der Waals surface area contributed by atoms with Crippen LogP contribution in [0.2, 0.25) is 0 Å². The Labute approximate surface area is 169 Å². The average Bonchev–Trinajstić information content (AvgIpc) is 2.74. The summed E-state index contributed by atoms with van der Waals surface area (Å²) in [5.41, 5.74) is 8.53. The molecule has 0 aliphatic carbocycles. The molecule has 144 valence electrons. The second-order valence-corrected chi connectivity index (χ2v) is 7.80. The largest absolute Gasteiger partial charge is 0.399 e. The first-order chi connectivity index (χ1) is 13.7. The molecule has 1 saturated heterocycles. The minimum atomic E-state index is 0.281. The molecule has 1 aliphatic heterocycles. The molecule has 4 rings (SSSR count). The number of nitrogens with zero attached hydrogens (tertiary/aromatic N) is 4. The summed E-state index contributed by atoms with van der Waals surface area (Å²) in [5.74, 6) is 2.43. The van der Waals surface area contributed by atoms with E-state index >= 15 is 0 Å². The first kappa shape index (κ1) is 18.7. The lowest BCUT2D eigenvalue weighted by molar-refractivity contribution is 0.0985. The Bertz CT molecular complexity index is 920. The molecular formula is C21H23N5OS. The Kier molecular flexibility index (Phi) is 5.73. The van der Waals surface area contributed by atoms with Crippen LogP contribution in [0.4, 0.5) is 11.5 Å². The molecular weight excluding hydrogens is 370 g/mol. The number of morpholine rings is 1. The number of hydrogen-bond donors (Lipinski definition) is 1. The van der Waals surface area contributed by atoms with Gasteiger partial charge in [-0.25, -0.2) is 9.97 Å². The summed E-state index contributed by atoms with van der Waals surface area (Å²) in [4.78, 5) is 17.2. The molecule has 28 heavy (non-hydrogen) atoms. The smallest absolute Gasteiger partial charge is 0.161 e. The zero-order valence-corrected chi connectivity index (χ0v) is 16.6. The normalized spacial score (nSPS) is 16.9. The van der Waals surface area contributed by atoms with Gasteiger partial charge in [0.2, 0.25) is 0 Å². The highest BCUT2D eigenvalue weighted by molar-refractivity contribution is 7.98. The van der Waals surface area contributed by atoms with E-state index in [2.05, 4.69) is 22.9 Å². The SMILES string of the molecule is CC1COCCN1c1cc(CSc2ccncc2)nc(-c2ccc(N)cc2)n1. The third-order valence-corrected chi connectivity index (χ3v) is 5.68. The van der Waals surface area contributed by atoms with Gasteiger partial charge in [0.05, 0.1) is 24.9 Å². The monoisotopic (exact) mass is 393 g/mol. The lowest BCUT2D eigenvalue weighted by Gasteiger charge is -2.34. The van der Waals surface area contributed by atoms with Gasteiger partial charge in [0, 0.05) is 46.9 Å². The van der Waals surface area contributed by atoms with Crippen molar-refractivity contribution in [1.29, 1.82) is 0 Å². The molecule has 1 unspecified atom stereocenters. The molecule has 3 aromatic rings. The molecule has 2 aromatic heterocycles. The van der Waals surface area contributed by atoms with Crippen LogP contribution in [-0.4, -0.2) is 40.8 Å². The summed E-state index contributed by atoms with van der Waals surface area (Å²) < 4.78 is 5.59. The fourth-order valence-electron chi connectivity index (χ4n) is 3.12. The maximum atomic E-state index is 5.84. The summed E-state index contributed by atoms with van der Waals surface area (Å²) in [6.07, 6.45) is 3.62. The van der Waals surface area contributed by atoms with E-state index in [-0.39, 0.29) is 6.04 Å². The van der Waals surface area contributed by atoms with Gasteiger partial charge >= 0.3 is 0 Å². The van der Waals surface area contributed by atoms with Crippen LogP contribution in [0.5, 0.6) is 0 Å². The molecule has 6 nitrogen and oxygen atoms in total. The third kappa shape index (κ3) is 4.43. The van der Waals surface area contributed by atoms with Gasteiger partial charge in [-0.05, 0) is 43.3 Å². The maximum absolute atomic E-state index is 5.84. The van der Waals surface area contributed by atoms with Crippen LogP contribution in [0.1, 0.15) is 12.6 Å². The minimum Gasteiger partial charge on any atom is -0.399 e. The van der Waals surface area contributed by atoms with Crippen LogP contribution in [0.15, 0.2) is 59.8 Å². The molecule has 2 N–H and O–H groups in total. The number of pyridine rings is 1. The summed E-state index contributed by atoms with van der Waals surface area (Å²) in [6, 6.07) is 14.1. The van der Waals surface area contributed by atoms with Gasteiger partial charge in [-0.1, -0.05) is 0 Å². The van der Waals surface area contributed by atoms with E-state index in [0.717, 1.165) is 40.9 Å². The molecule has 1 fully saturated rings. The van der Waals surface area contributed by atoms with E-state index < -0.39 is 0 Å². The van der Waals surface area contributed by atoms with E-state index in [9.17, 15) is 0 Å². The predicted octanol–water partition coefficient (Wildman–Crippen LogP) is 3.64. The van der Waals surface area contributed by atoms with Crippen molar-refractivity contribution < 1.29 is 4.74 Å². The van der Waals surface area contributed by atoms with Gasteiger partial charge in [0.25, 0.3) is 0 Å². The fourth-order valence-corrected chi connectivity index (χ4v) is 3.90. The molecule has 1 aliphatic rings. The average molecular weight is 394 g/mol. The Morgan fingerprint density at radius 3 is 2.68 bits per heavy atom. The second kappa shape index (κ2) is 8.58. The van der Waals surface area contributed by atoms with E-state index in [1.807, 2.05) is 48.8 Å². The summed E-state index contributed by atoms with van der Waals surface area (Å²) in [5, 5.41) is 0. The van der Waals surface area contributed by atoms with Crippen LogP contribution < -0.4 is 10.6 Å². The number of ether oxygens (including phenoxy) is 1. The topological polar surface area (TPSA) is 77.2 Å². The lowest BCUT2D eigenvalue weighted by Crippen LogP contribution is -2.44. The molecule has 1 aromatic carbocycles. The van der Waals surface area contributed by atoms with Crippen molar-refractivity contribution >= 4 is 23.3 Å². The van der Waals surface area contributed by atoms with E-state index in [4.69, 9.17) is 20.4 Å². The number of hydrogen-bond acceptors (Lipinski definition) is 7. The fraction of sp³-hybridized carbons (Fsp3) is 0.286. The first-order valence-corrected chi connectivity index (χ1v) is 10.3. The van der Waals surface area contributed by atoms with Crippen molar-refractivity contribution in [3.63, 3.8) is 0 Å². The van der Waals surface area contributed by atoms with Gasteiger partial charge in [-0.15, -0.1) is 11.8 Å². The van der Waals surface area contributed by atoms with E-state index in [0.29, 0.717) is 13.2 Å². The molecule has 0 radical (unpaired) electrons. The van der Waals surface area contributed by atoms with Gasteiger partial charge in [0.15, 0.2) is 5.82 Å². The highest BCUT2D eigenvalue weighted by atomic mass is 32.2. The number of nitrogens with two attached hydrogens (primary N) is 1. The molecule has 0 saturated carbocycles. The van der Waals surface area contributed by atoms with Crippen molar-refractivity contribution in [2.24, 2.45) is 0 Å². The second-order valence-electron chi connectivity index (χ2n) is 6.75. The number of thioether (sulfide) groups is 1. The maximum Gasteiger partial charge on any atom is 0.161 e. The van der Waals surface area contributed by atoms with Crippen molar-refractivity contribution in [2.75, 3.05) is 30.4 Å². The lowest BCUT2D eigenvalue weighted by atomic mass is 10.2. The van der Waals surface area contributed by atoms with Gasteiger partial charge in [-0.2, -0.15) is 0 Å². The number of rotatable bonds is 5. The predicted molar refractivity (Wildman–Crippen MR) is 113 cm³/mol. The number of anilines is 2. The summed E-state index contributed by atoms with van der Waals surface area (Å²) in [7, 11) is 0. The summed E-state index contributed by atoms with van der Waals surface area (Å²) in [6.45, 7) is 4.42. The van der Waals surface area contributed by atoms with Crippen LogP contribution >= 0.6 is 11.8 Å². The molecule has 0 bridgehead atoms. The molecule has 0 spiro atoms. The number of nitrogen functional groups attached to an aromatic ring is 1. The van der Waals surface area contributed by atoms with Crippen molar-refractivity contribution in [2.45, 2.75) is 23.6 Å². The van der Waals surface area contributed by atoms with E-state index in [1.54, 1.807) is 11.8 Å². The Morgan fingerprint density at radius 2 is 1.93 bits per heavy atom. The van der Waals surface area contributed by atoms with Gasteiger partial charge < -0.3 is 15.4 Å². The standard InChI is InChI=1S/C21H23N5OS/c1-15-13-27-11-10-26(15)20-12-18(14-28-19-6-8-23-9-7-19)24-21(25-20)16-2-4-17(22)5-3-16/h2-9,12,15H,10-11,13-14,22H2,1H3. The third-order valence-electron chi connectivity index (χ3n) is 4.63. The quantitative estimate of drug-likeness (QED) is 0.524. The van der Waals surface area contributed by atoms with Crippen LogP contribution in [0.3, 0.4) is 0 Å². The van der Waals surface area contributed by atoms with E-state index in [1.165, 1.54) is 4.90 Å². The zero-order chi connectivity index (χ0) is 19.3. The highest BCUT2D eigenvalue weighted by Gasteiger charge is 2.21. The van der Waals surface area contributed by atoms with Crippen LogP contribution in [0.25, 0.3) is 11.4 Å². The zero-order valence-electron chi connectivity index (χ0n) is 15.8. The van der Waals surface area contributed by atoms with Gasteiger partial charge in [0.1, 0.15) is 5.82 Å². The highest BCUT2D eigenvalue weighted by Crippen LogP contribution is 2.27. The van der Waals surface area contributed by atoms with Crippen LogP contribution in [-0.2, 0) is 10.5 Å². The summed E-state index contributed by atoms with van der Waals surface area (Å²) >= 11 is 1.74. The van der Waals surface area contributed by atoms with Crippen LogP contribution in [0, 0.1) is 0 Å². The molecule has 1 atom stereocenters. The number of aromatic nitrogens is 3. The Hall–Kier alpha value is -2.64. The molecule has 0 amide bonds. The number of benzene rings is 1. The minimum absolute atomic E-state index is 0.281. The molecule has 3 heterocycles. The van der Waals surface area contributed by atoms with Gasteiger partial charge in [-0.3, -0.25) is 4.98 Å². The Morgan fingerprint density at radius 1 is 1.14 bits per heavy atom. The first-order valence-electron chi connectivity index (χ1n) is 9.30. The van der Waals surface area contributed by atoms with Crippen molar-refractivity contribution in [1.82, 2.24) is 15.0 Å². The van der Waals surface area contributed by atoms with Crippen molar-refractivity contribution in [3.05, 3.63) is 60.6 Å².